The van der Waals surface area contributed by atoms with Gasteiger partial charge in [-0.15, -0.1) is 0 Å². The van der Waals surface area contributed by atoms with Gasteiger partial charge in [0.1, 0.15) is 19.3 Å². The van der Waals surface area contributed by atoms with Crippen LogP contribution in [-0.4, -0.2) is 96.7 Å². The fourth-order valence-corrected chi connectivity index (χ4v) is 10.6. The molecule has 0 aromatic carbocycles. The van der Waals surface area contributed by atoms with Crippen molar-refractivity contribution < 1.29 is 80.2 Å². The molecule has 0 radical (unpaired) electrons. The third kappa shape index (κ3) is 55.3. The van der Waals surface area contributed by atoms with Crippen molar-refractivity contribution in [3.63, 3.8) is 0 Å². The number of ether oxygens (including phenoxy) is 4. The number of unbranched alkanes of at least 4 members (excludes halogenated alkanes) is 30. The van der Waals surface area contributed by atoms with E-state index in [-0.39, 0.29) is 25.7 Å². The third-order valence-electron chi connectivity index (χ3n) is 14.0. The van der Waals surface area contributed by atoms with Gasteiger partial charge in [-0.25, -0.2) is 9.13 Å². The Labute approximate surface area is 486 Å². The van der Waals surface area contributed by atoms with E-state index in [1.54, 1.807) is 0 Å². The molecule has 3 N–H and O–H groups in total. The van der Waals surface area contributed by atoms with Crippen LogP contribution >= 0.6 is 15.6 Å². The molecule has 0 aliphatic heterocycles. The second-order valence-corrected chi connectivity index (χ2v) is 25.9. The van der Waals surface area contributed by atoms with Crippen molar-refractivity contribution >= 4 is 39.5 Å². The molecule has 0 aliphatic carbocycles. The van der Waals surface area contributed by atoms with E-state index in [1.165, 1.54) is 96.3 Å². The normalized spacial score (nSPS) is 14.4. The first kappa shape index (κ1) is 78.1. The smallest absolute Gasteiger partial charge is 0.462 e. The van der Waals surface area contributed by atoms with Gasteiger partial charge in [-0.2, -0.15) is 0 Å². The summed E-state index contributed by atoms with van der Waals surface area (Å²) in [5, 5.41) is 10.5. The second-order valence-electron chi connectivity index (χ2n) is 23.0. The number of hydrogen-bond donors (Lipinski definition) is 3. The maximum atomic E-state index is 12.9. The SMILES string of the molecule is CCCCCCCCCCC(=O)OC[C@H](COP(=O)(O)OC[C@H](O)COP(=O)(O)OC[C@@H](COC(=O)CCCCCCCCCC(C)C)OC(=O)CCCCCCCCCCCCCC(C)C)OC(=O)CCCCCCCCCC. The minimum absolute atomic E-state index is 0.104. The predicted octanol–water partition coefficient (Wildman–Crippen LogP) is 16.5. The summed E-state index contributed by atoms with van der Waals surface area (Å²) in [6, 6.07) is 0. The van der Waals surface area contributed by atoms with Crippen LogP contribution in [0.3, 0.4) is 0 Å². The maximum absolute atomic E-state index is 12.9. The maximum Gasteiger partial charge on any atom is 0.472 e. The van der Waals surface area contributed by atoms with E-state index in [4.69, 9.17) is 37.0 Å². The van der Waals surface area contributed by atoms with Gasteiger partial charge in [0, 0.05) is 25.7 Å². The zero-order valence-corrected chi connectivity index (χ0v) is 53.2. The third-order valence-corrected chi connectivity index (χ3v) is 15.9. The van der Waals surface area contributed by atoms with Crippen molar-refractivity contribution in [3.05, 3.63) is 0 Å². The summed E-state index contributed by atoms with van der Waals surface area (Å²) < 4.78 is 67.7. The van der Waals surface area contributed by atoms with Gasteiger partial charge in [0.05, 0.1) is 26.4 Å². The number of esters is 4. The lowest BCUT2D eigenvalue weighted by Gasteiger charge is -2.21. The Morgan fingerprint density at radius 1 is 0.338 bits per heavy atom. The van der Waals surface area contributed by atoms with Gasteiger partial charge in [0.25, 0.3) is 0 Å². The molecule has 0 saturated heterocycles. The van der Waals surface area contributed by atoms with Crippen LogP contribution < -0.4 is 0 Å². The summed E-state index contributed by atoms with van der Waals surface area (Å²) in [6.45, 7) is 9.36. The average Bonchev–Trinajstić information content (AvgIpc) is 3.41. The lowest BCUT2D eigenvalue weighted by Crippen LogP contribution is -2.30. The number of rotatable bonds is 60. The van der Waals surface area contributed by atoms with Crippen molar-refractivity contribution in [2.75, 3.05) is 39.6 Å². The molecule has 2 unspecified atom stereocenters. The quantitative estimate of drug-likeness (QED) is 0.0222. The van der Waals surface area contributed by atoms with Crippen molar-refractivity contribution in [2.45, 2.75) is 317 Å². The van der Waals surface area contributed by atoms with E-state index >= 15 is 0 Å². The van der Waals surface area contributed by atoms with Crippen LogP contribution in [0.15, 0.2) is 0 Å². The molecular weight excluding hydrogens is 1070 g/mol. The van der Waals surface area contributed by atoms with Crippen molar-refractivity contribution in [2.24, 2.45) is 11.8 Å². The lowest BCUT2D eigenvalue weighted by atomic mass is 10.0. The predicted molar refractivity (Wildman–Crippen MR) is 317 cm³/mol. The van der Waals surface area contributed by atoms with Gasteiger partial charge in [0.15, 0.2) is 12.2 Å². The number of carbonyl (C=O) groups excluding carboxylic acids is 4. The van der Waals surface area contributed by atoms with Crippen LogP contribution in [0.4, 0.5) is 0 Å². The number of phosphoric acid groups is 2. The molecule has 80 heavy (non-hydrogen) atoms. The number of aliphatic hydroxyl groups is 1. The fourth-order valence-electron chi connectivity index (χ4n) is 9.00. The topological polar surface area (TPSA) is 237 Å². The molecule has 474 valence electrons. The molecule has 0 spiro atoms. The van der Waals surface area contributed by atoms with Crippen LogP contribution in [0.2, 0.25) is 0 Å². The van der Waals surface area contributed by atoms with Gasteiger partial charge < -0.3 is 33.8 Å². The minimum atomic E-state index is -4.94. The van der Waals surface area contributed by atoms with Crippen molar-refractivity contribution in [1.29, 1.82) is 0 Å². The molecule has 0 heterocycles. The zero-order chi connectivity index (χ0) is 59.4. The first-order valence-electron chi connectivity index (χ1n) is 32.0. The van der Waals surface area contributed by atoms with Gasteiger partial charge in [-0.05, 0) is 37.5 Å². The second kappa shape index (κ2) is 53.8. The van der Waals surface area contributed by atoms with Crippen molar-refractivity contribution in [1.82, 2.24) is 0 Å². The Bertz CT molecular complexity index is 1580. The fraction of sp³-hybridized carbons (Fsp3) is 0.934. The van der Waals surface area contributed by atoms with E-state index in [2.05, 4.69) is 41.5 Å². The molecule has 0 bridgehead atoms. The van der Waals surface area contributed by atoms with Crippen LogP contribution in [0.1, 0.15) is 298 Å². The Morgan fingerprint density at radius 2 is 0.575 bits per heavy atom. The summed E-state index contributed by atoms with van der Waals surface area (Å²) in [5.74, 6) is -0.673. The highest BCUT2D eigenvalue weighted by molar-refractivity contribution is 7.47. The highest BCUT2D eigenvalue weighted by atomic mass is 31.2. The summed E-state index contributed by atoms with van der Waals surface area (Å²) in [4.78, 5) is 71.9. The summed E-state index contributed by atoms with van der Waals surface area (Å²) in [5.41, 5.74) is 0. The number of hydrogen-bond acceptors (Lipinski definition) is 15. The monoisotopic (exact) mass is 1180 g/mol. The van der Waals surface area contributed by atoms with E-state index in [9.17, 15) is 43.2 Å². The molecule has 0 saturated carbocycles. The van der Waals surface area contributed by atoms with Crippen LogP contribution in [0.5, 0.6) is 0 Å². The van der Waals surface area contributed by atoms with E-state index < -0.39 is 97.5 Å². The molecule has 0 amide bonds. The number of aliphatic hydroxyl groups excluding tert-OH is 1. The highest BCUT2D eigenvalue weighted by Gasteiger charge is 2.30. The molecule has 0 rings (SSSR count). The number of carbonyl (C=O) groups is 4. The number of phosphoric ester groups is 2. The lowest BCUT2D eigenvalue weighted by molar-refractivity contribution is -0.161. The first-order chi connectivity index (χ1) is 38.4. The van der Waals surface area contributed by atoms with Gasteiger partial charge in [-0.1, -0.05) is 247 Å². The minimum Gasteiger partial charge on any atom is -0.462 e. The van der Waals surface area contributed by atoms with Crippen LogP contribution in [0, 0.1) is 11.8 Å². The molecule has 0 aromatic rings. The Morgan fingerprint density at radius 3 is 0.850 bits per heavy atom. The van der Waals surface area contributed by atoms with Crippen LogP contribution in [0.25, 0.3) is 0 Å². The summed E-state index contributed by atoms with van der Waals surface area (Å²) in [7, 11) is -9.87. The van der Waals surface area contributed by atoms with Gasteiger partial charge in [-0.3, -0.25) is 37.3 Å². The van der Waals surface area contributed by atoms with E-state index in [0.29, 0.717) is 31.6 Å². The molecule has 17 nitrogen and oxygen atoms in total. The Balaban J connectivity index is 5.21. The Hall–Kier alpha value is -1.94. The highest BCUT2D eigenvalue weighted by Crippen LogP contribution is 2.45. The Kier molecular flexibility index (Phi) is 52.5. The molecule has 19 heteroatoms. The van der Waals surface area contributed by atoms with Gasteiger partial charge in [0.2, 0.25) is 0 Å². The first-order valence-corrected chi connectivity index (χ1v) is 35.0. The van der Waals surface area contributed by atoms with E-state index in [0.717, 1.165) is 115 Å². The molecule has 0 aliphatic rings. The van der Waals surface area contributed by atoms with Crippen molar-refractivity contribution in [3.8, 4) is 0 Å². The van der Waals surface area contributed by atoms with E-state index in [1.807, 2.05) is 0 Å². The summed E-state index contributed by atoms with van der Waals surface area (Å²) in [6.07, 6.45) is 35.0. The molecule has 5 atom stereocenters. The van der Waals surface area contributed by atoms with Gasteiger partial charge >= 0.3 is 39.5 Å². The zero-order valence-electron chi connectivity index (χ0n) is 51.4. The summed E-state index contributed by atoms with van der Waals surface area (Å²) >= 11 is 0. The van der Waals surface area contributed by atoms with Crippen LogP contribution in [-0.2, 0) is 65.4 Å². The average molecular weight is 1190 g/mol. The largest absolute Gasteiger partial charge is 0.472 e. The molecular formula is C61H118O17P2. The molecule has 0 aromatic heterocycles. The standard InChI is InChI=1S/C61H118O17P2/c1-7-9-11-13-15-25-31-37-43-58(63)71-49-56(77-60(65)45-39-33-26-16-14-12-10-8-2)51-75-79(67,68)73-47-55(62)48-74-80(69,70)76-52-57(50-72-59(64)44-38-32-28-22-24-30-36-42-54(5)6)78-61(66)46-40-34-27-21-19-17-18-20-23-29-35-41-53(3)4/h53-57,62H,7-52H2,1-6H3,(H,67,68)(H,69,70)/t55-,56+,57+/m0/s1. The molecule has 0 fully saturated rings.